The number of halogens is 5. The molecule has 14 heteroatoms. The molecule has 2 aliphatic heterocycles. The molecule has 4 aromatic carbocycles. The van der Waals surface area contributed by atoms with Crippen LogP contribution in [0.3, 0.4) is 0 Å². The number of fused-ring (bicyclic) bond motifs is 6. The van der Waals surface area contributed by atoms with E-state index in [1.165, 1.54) is 52.0 Å². The summed E-state index contributed by atoms with van der Waals surface area (Å²) in [5.41, 5.74) is -10.5. The van der Waals surface area contributed by atoms with Gasteiger partial charge in [0.1, 0.15) is 33.9 Å². The fourth-order valence-electron chi connectivity index (χ4n) is 6.27. The second-order valence-corrected chi connectivity index (χ2v) is 12.0. The average molecular weight is 683 g/mol. The number of hydrogen-bond acceptors (Lipinski definition) is 8. The highest BCUT2D eigenvalue weighted by Gasteiger charge is 2.58. The lowest BCUT2D eigenvalue weighted by atomic mass is 9.71. The van der Waals surface area contributed by atoms with E-state index in [1.54, 1.807) is 0 Å². The minimum Gasteiger partial charge on any atom is -0.507 e. The molecule has 3 N–H and O–H groups in total. The summed E-state index contributed by atoms with van der Waals surface area (Å²) in [6.45, 7) is 5.62. The Morgan fingerprint density at radius 1 is 0.694 bits per heavy atom. The molecule has 6 rings (SSSR count). The Morgan fingerprint density at radius 3 is 1.82 bits per heavy atom. The van der Waals surface area contributed by atoms with Crippen LogP contribution in [0.25, 0.3) is 11.1 Å². The minimum atomic E-state index is -2.64. The maximum atomic E-state index is 15.8. The van der Waals surface area contributed by atoms with Crippen molar-refractivity contribution in [3.63, 3.8) is 0 Å². The maximum absolute atomic E-state index is 15.8. The number of Topliss-reactive ketones (excluding diaryl/α,β-unsaturated/α-hetero) is 2. The van der Waals surface area contributed by atoms with Crippen molar-refractivity contribution in [2.24, 2.45) is 11.8 Å². The number of ketones is 2. The largest absolute Gasteiger partial charge is 0.507 e. The van der Waals surface area contributed by atoms with Crippen LogP contribution in [0.5, 0.6) is 23.0 Å². The van der Waals surface area contributed by atoms with Crippen molar-refractivity contribution in [1.82, 2.24) is 0 Å². The van der Waals surface area contributed by atoms with Crippen LogP contribution in [0.1, 0.15) is 85.8 Å². The number of ether oxygens (including phenoxy) is 2. The van der Waals surface area contributed by atoms with Gasteiger partial charge in [-0.1, -0.05) is 45.9 Å². The smallest absolute Gasteiger partial charge is 0.340 e. The molecule has 4 aromatic rings. The number of esters is 1. The van der Waals surface area contributed by atoms with Crippen LogP contribution in [-0.4, -0.2) is 38.8 Å². The van der Waals surface area contributed by atoms with Gasteiger partial charge in [0.15, 0.2) is 46.2 Å². The summed E-state index contributed by atoms with van der Waals surface area (Å²) in [4.78, 5) is 53.8. The van der Waals surface area contributed by atoms with Gasteiger partial charge in [-0.25, -0.2) is 31.5 Å². The van der Waals surface area contributed by atoms with E-state index >= 15 is 8.78 Å². The van der Waals surface area contributed by atoms with E-state index in [-0.39, 0.29) is 16.7 Å². The van der Waals surface area contributed by atoms with E-state index in [0.717, 1.165) is 12.1 Å². The zero-order valence-electron chi connectivity index (χ0n) is 25.8. The van der Waals surface area contributed by atoms with Gasteiger partial charge in [-0.05, 0) is 18.2 Å². The molecule has 1 spiro atoms. The Kier molecular flexibility index (Phi) is 7.53. The first-order valence-corrected chi connectivity index (χ1v) is 14.6. The molecule has 0 aromatic heterocycles. The zero-order valence-corrected chi connectivity index (χ0v) is 25.8. The number of benzene rings is 4. The quantitative estimate of drug-likeness (QED) is 0.0622. The van der Waals surface area contributed by atoms with Crippen LogP contribution < -0.4 is 4.74 Å². The van der Waals surface area contributed by atoms with Gasteiger partial charge in [0.05, 0.1) is 16.7 Å². The first-order valence-electron chi connectivity index (χ1n) is 14.6. The van der Waals surface area contributed by atoms with Gasteiger partial charge in [-0.3, -0.25) is 9.59 Å². The summed E-state index contributed by atoms with van der Waals surface area (Å²) in [6, 6.07) is 7.40. The van der Waals surface area contributed by atoms with Gasteiger partial charge >= 0.3 is 11.9 Å². The Bertz CT molecular complexity index is 2180. The lowest BCUT2D eigenvalue weighted by molar-refractivity contribution is 0.0225. The van der Waals surface area contributed by atoms with E-state index < -0.39 is 126 Å². The van der Waals surface area contributed by atoms with Gasteiger partial charge in [-0.15, -0.1) is 0 Å². The molecule has 0 amide bonds. The second kappa shape index (κ2) is 11.1. The third-order valence-corrected chi connectivity index (χ3v) is 8.49. The first kappa shape index (κ1) is 33.1. The van der Waals surface area contributed by atoms with Crippen molar-refractivity contribution in [2.75, 3.05) is 0 Å². The number of carboxylic acid groups (broad SMARTS) is 1. The molecule has 0 bridgehead atoms. The summed E-state index contributed by atoms with van der Waals surface area (Å²) in [7, 11) is 0. The first-order chi connectivity index (χ1) is 23.0. The highest BCUT2D eigenvalue weighted by molar-refractivity contribution is 6.12. The van der Waals surface area contributed by atoms with E-state index in [0.29, 0.717) is 0 Å². The van der Waals surface area contributed by atoms with E-state index in [1.807, 2.05) is 0 Å². The number of aromatic carboxylic acids is 1. The summed E-state index contributed by atoms with van der Waals surface area (Å²) in [5.74, 6) is -23.2. The molecule has 0 saturated heterocycles. The third-order valence-electron chi connectivity index (χ3n) is 8.49. The Morgan fingerprint density at radius 2 is 1.24 bits per heavy atom. The van der Waals surface area contributed by atoms with Crippen LogP contribution in [0.2, 0.25) is 0 Å². The van der Waals surface area contributed by atoms with Crippen LogP contribution in [-0.2, 0) is 10.3 Å². The summed E-state index contributed by atoms with van der Waals surface area (Å²) < 4.78 is 87.6. The number of carbonyl (C=O) groups is 4. The van der Waals surface area contributed by atoms with Crippen molar-refractivity contribution in [2.45, 2.75) is 33.3 Å². The standard InChI is InChI=1S/C35H23F5O9/c1-11(2)28(42)17-16(41)10-9-15-31(17)48-32-21(29(43)12(3)4)30(44)20(33(45)46)18(19-23(36)25(38)27(40)26(39)24(19)37)22(32)35(15)14-8-6-5-7-13(14)34(47)49-35/h5-12,41,44H,1-4H3,(H,45,46). The molecule has 0 saturated carbocycles. The monoisotopic (exact) mass is 682 g/mol. The van der Waals surface area contributed by atoms with Crippen molar-refractivity contribution < 1.29 is 65.9 Å². The topological polar surface area (TPSA) is 147 Å². The van der Waals surface area contributed by atoms with Crippen LogP contribution in [0.4, 0.5) is 22.0 Å². The van der Waals surface area contributed by atoms with E-state index in [9.17, 15) is 47.7 Å². The minimum absolute atomic E-state index is 0.186. The molecule has 2 heterocycles. The number of aromatic hydroxyl groups is 2. The number of phenolic OH excluding ortho intramolecular Hbond substituents is 1. The molecule has 0 radical (unpaired) electrons. The molecule has 1 atom stereocenters. The number of carbonyl (C=O) groups excluding carboxylic acids is 3. The molecule has 252 valence electrons. The van der Waals surface area contributed by atoms with Crippen molar-refractivity contribution >= 4 is 23.5 Å². The van der Waals surface area contributed by atoms with E-state index in [2.05, 4.69) is 0 Å². The Labute approximate surface area is 273 Å². The molecule has 49 heavy (non-hydrogen) atoms. The SMILES string of the molecule is CC(C)C(=O)c1c(O)ccc2c1Oc1c(C(=O)C(C)C)c(O)c(C(=O)O)c(-c3c(F)c(F)c(F)c(F)c3F)c1C21OC(=O)c2ccccc21. The zero-order chi connectivity index (χ0) is 36.0. The number of carboxylic acids is 1. The number of hydrogen-bond donors (Lipinski definition) is 3. The third kappa shape index (κ3) is 4.35. The molecule has 1 unspecified atom stereocenters. The molecule has 9 nitrogen and oxygen atoms in total. The van der Waals surface area contributed by atoms with E-state index in [4.69, 9.17) is 9.47 Å². The highest BCUT2D eigenvalue weighted by Crippen LogP contribution is 2.63. The summed E-state index contributed by atoms with van der Waals surface area (Å²) in [6.07, 6.45) is 0. The molecular formula is C35H23F5O9. The fourth-order valence-corrected chi connectivity index (χ4v) is 6.27. The van der Waals surface area contributed by atoms with Gasteiger partial charge < -0.3 is 24.8 Å². The van der Waals surface area contributed by atoms with Crippen molar-refractivity contribution in [3.05, 3.63) is 104 Å². The van der Waals surface area contributed by atoms with Crippen molar-refractivity contribution in [3.8, 4) is 34.1 Å². The van der Waals surface area contributed by atoms with Crippen LogP contribution in [0.15, 0.2) is 36.4 Å². The molecule has 0 aliphatic carbocycles. The van der Waals surface area contributed by atoms with Gasteiger partial charge in [0.25, 0.3) is 0 Å². The predicted octanol–water partition coefficient (Wildman–Crippen LogP) is 7.40. The molecule has 0 fully saturated rings. The van der Waals surface area contributed by atoms with Crippen LogP contribution in [0, 0.1) is 40.9 Å². The lowest BCUT2D eigenvalue weighted by Gasteiger charge is -2.40. The number of phenols is 2. The summed E-state index contributed by atoms with van der Waals surface area (Å²) >= 11 is 0. The predicted molar refractivity (Wildman–Crippen MR) is 159 cm³/mol. The van der Waals surface area contributed by atoms with Gasteiger partial charge in [-0.2, -0.15) is 0 Å². The Hall–Kier alpha value is -5.79. The Balaban J connectivity index is 1.98. The van der Waals surface area contributed by atoms with Gasteiger partial charge in [0.2, 0.25) is 5.82 Å². The molecule has 2 aliphatic rings. The number of rotatable bonds is 6. The summed E-state index contributed by atoms with van der Waals surface area (Å²) in [5, 5.41) is 32.8. The van der Waals surface area contributed by atoms with Gasteiger partial charge in [0, 0.05) is 28.5 Å². The van der Waals surface area contributed by atoms with Crippen LogP contribution >= 0.6 is 0 Å². The second-order valence-electron chi connectivity index (χ2n) is 12.0. The van der Waals surface area contributed by atoms with Crippen molar-refractivity contribution in [1.29, 1.82) is 0 Å². The lowest BCUT2D eigenvalue weighted by Crippen LogP contribution is -2.36. The normalized spacial score (nSPS) is 15.9. The maximum Gasteiger partial charge on any atom is 0.340 e. The average Bonchev–Trinajstić information content (AvgIpc) is 3.34. The molecular weight excluding hydrogens is 659 g/mol. The fraction of sp³-hybridized carbons (Fsp3) is 0.200. The highest BCUT2D eigenvalue weighted by atomic mass is 19.2.